The molecule has 2 aromatic carbocycles. The van der Waals surface area contributed by atoms with Crippen molar-refractivity contribution in [1.29, 1.82) is 0 Å². The summed E-state index contributed by atoms with van der Waals surface area (Å²) in [6.45, 7) is 1.91. The Hall–Kier alpha value is -2.68. The minimum Gasteiger partial charge on any atom is -0.269 e. The van der Waals surface area contributed by atoms with Crippen molar-refractivity contribution in [2.45, 2.75) is 32.1 Å². The molecule has 0 fully saturated rings. The first-order chi connectivity index (χ1) is 11.7. The smallest absolute Gasteiger partial charge is 0.261 e. The van der Waals surface area contributed by atoms with Gasteiger partial charge in [0.2, 0.25) is 0 Å². The van der Waals surface area contributed by atoms with Gasteiger partial charge >= 0.3 is 0 Å². The minimum absolute atomic E-state index is 0.0873. The molecule has 3 heteroatoms. The van der Waals surface area contributed by atoms with Gasteiger partial charge in [0, 0.05) is 5.56 Å². The zero-order valence-corrected chi connectivity index (χ0v) is 13.8. The standard InChI is InChI=1S/C21H20N2O/c1-15-22-20-13-12-17(16-8-4-2-5-9-16)14-19(20)21(24)23(15)18-10-6-3-7-11-18/h2-11,17H,12-14H2,1H3. The Bertz CT molecular complexity index is 914. The molecule has 1 atom stereocenters. The number of hydrogen-bond donors (Lipinski definition) is 0. The molecule has 0 amide bonds. The van der Waals surface area contributed by atoms with Crippen molar-refractivity contribution in [3.8, 4) is 5.69 Å². The molecular formula is C21H20N2O. The molecule has 0 spiro atoms. The molecule has 3 aromatic rings. The van der Waals surface area contributed by atoms with E-state index in [1.807, 2.05) is 43.3 Å². The van der Waals surface area contributed by atoms with E-state index in [0.29, 0.717) is 5.92 Å². The molecule has 0 aliphatic heterocycles. The topological polar surface area (TPSA) is 34.9 Å². The van der Waals surface area contributed by atoms with Crippen molar-refractivity contribution in [2.24, 2.45) is 0 Å². The summed E-state index contributed by atoms with van der Waals surface area (Å²) >= 11 is 0. The van der Waals surface area contributed by atoms with Crippen LogP contribution in [-0.4, -0.2) is 9.55 Å². The summed E-state index contributed by atoms with van der Waals surface area (Å²) in [5, 5.41) is 0. The van der Waals surface area contributed by atoms with Gasteiger partial charge < -0.3 is 0 Å². The molecule has 24 heavy (non-hydrogen) atoms. The molecule has 120 valence electrons. The number of fused-ring (bicyclic) bond motifs is 1. The zero-order valence-electron chi connectivity index (χ0n) is 13.8. The molecule has 0 saturated heterocycles. The molecule has 0 bridgehead atoms. The van der Waals surface area contributed by atoms with Crippen molar-refractivity contribution in [3.63, 3.8) is 0 Å². The van der Waals surface area contributed by atoms with Crippen LogP contribution in [0.15, 0.2) is 65.5 Å². The van der Waals surface area contributed by atoms with Crippen LogP contribution in [0.5, 0.6) is 0 Å². The van der Waals surface area contributed by atoms with Crippen LogP contribution in [0.2, 0.25) is 0 Å². The van der Waals surface area contributed by atoms with E-state index in [2.05, 4.69) is 24.3 Å². The molecule has 1 aromatic heterocycles. The van der Waals surface area contributed by atoms with E-state index in [9.17, 15) is 4.79 Å². The highest BCUT2D eigenvalue weighted by atomic mass is 16.1. The van der Waals surface area contributed by atoms with Crippen molar-refractivity contribution >= 4 is 0 Å². The Morgan fingerprint density at radius 1 is 1.00 bits per heavy atom. The number of aryl methyl sites for hydroxylation is 2. The summed E-state index contributed by atoms with van der Waals surface area (Å²) < 4.78 is 1.74. The average molecular weight is 316 g/mol. The minimum atomic E-state index is 0.0873. The molecule has 1 aliphatic carbocycles. The number of benzene rings is 2. The van der Waals surface area contributed by atoms with Crippen LogP contribution in [0, 0.1) is 6.92 Å². The van der Waals surface area contributed by atoms with E-state index in [1.54, 1.807) is 4.57 Å². The second-order valence-electron chi connectivity index (χ2n) is 6.41. The zero-order chi connectivity index (χ0) is 16.5. The molecule has 4 rings (SSSR count). The van der Waals surface area contributed by atoms with Crippen LogP contribution in [0.25, 0.3) is 5.69 Å². The van der Waals surface area contributed by atoms with Gasteiger partial charge in [-0.05, 0) is 49.8 Å². The normalized spacial score (nSPS) is 16.6. The Morgan fingerprint density at radius 2 is 1.67 bits per heavy atom. The fraction of sp³-hybridized carbons (Fsp3) is 0.238. The quantitative estimate of drug-likeness (QED) is 0.720. The highest BCUT2D eigenvalue weighted by molar-refractivity contribution is 5.36. The van der Waals surface area contributed by atoms with Gasteiger partial charge in [0.25, 0.3) is 5.56 Å². The summed E-state index contributed by atoms with van der Waals surface area (Å²) in [6.07, 6.45) is 2.71. The Labute approximate surface area is 141 Å². The average Bonchev–Trinajstić information content (AvgIpc) is 2.63. The third kappa shape index (κ3) is 2.56. The fourth-order valence-electron chi connectivity index (χ4n) is 3.68. The van der Waals surface area contributed by atoms with Gasteiger partial charge in [-0.15, -0.1) is 0 Å². The van der Waals surface area contributed by atoms with Gasteiger partial charge in [0.1, 0.15) is 5.82 Å². The van der Waals surface area contributed by atoms with Crippen LogP contribution >= 0.6 is 0 Å². The lowest BCUT2D eigenvalue weighted by Gasteiger charge is -2.25. The van der Waals surface area contributed by atoms with Gasteiger partial charge in [0.05, 0.1) is 11.4 Å². The van der Waals surface area contributed by atoms with Gasteiger partial charge in [0.15, 0.2) is 0 Å². The van der Waals surface area contributed by atoms with Gasteiger partial charge in [-0.2, -0.15) is 0 Å². The van der Waals surface area contributed by atoms with E-state index < -0.39 is 0 Å². The maximum absolute atomic E-state index is 13.1. The Morgan fingerprint density at radius 3 is 2.38 bits per heavy atom. The van der Waals surface area contributed by atoms with Crippen molar-refractivity contribution < 1.29 is 0 Å². The van der Waals surface area contributed by atoms with Crippen LogP contribution in [0.4, 0.5) is 0 Å². The number of hydrogen-bond acceptors (Lipinski definition) is 2. The lowest BCUT2D eigenvalue weighted by molar-refractivity contribution is 0.559. The molecule has 1 heterocycles. The summed E-state index contributed by atoms with van der Waals surface area (Å²) in [5.74, 6) is 1.17. The van der Waals surface area contributed by atoms with E-state index in [0.717, 1.165) is 42.0 Å². The number of nitrogens with zero attached hydrogens (tertiary/aromatic N) is 2. The molecule has 0 radical (unpaired) electrons. The predicted octanol–water partition coefficient (Wildman–Crippen LogP) is 3.81. The largest absolute Gasteiger partial charge is 0.269 e. The second kappa shape index (κ2) is 6.08. The molecule has 0 saturated carbocycles. The Kier molecular flexibility index (Phi) is 3.77. The molecule has 0 N–H and O–H groups in total. The molecular weight excluding hydrogens is 296 g/mol. The third-order valence-corrected chi connectivity index (χ3v) is 4.90. The van der Waals surface area contributed by atoms with E-state index in [4.69, 9.17) is 4.98 Å². The second-order valence-corrected chi connectivity index (χ2v) is 6.41. The number of aromatic nitrogens is 2. The van der Waals surface area contributed by atoms with Crippen LogP contribution in [-0.2, 0) is 12.8 Å². The van der Waals surface area contributed by atoms with E-state index in [1.165, 1.54) is 5.56 Å². The van der Waals surface area contributed by atoms with Gasteiger partial charge in [-0.25, -0.2) is 4.98 Å². The first-order valence-electron chi connectivity index (χ1n) is 8.46. The van der Waals surface area contributed by atoms with Crippen LogP contribution in [0.3, 0.4) is 0 Å². The van der Waals surface area contributed by atoms with Crippen LogP contribution in [0.1, 0.15) is 35.0 Å². The van der Waals surface area contributed by atoms with E-state index in [-0.39, 0.29) is 5.56 Å². The van der Waals surface area contributed by atoms with Gasteiger partial charge in [-0.3, -0.25) is 9.36 Å². The van der Waals surface area contributed by atoms with Crippen molar-refractivity contribution in [3.05, 3.63) is 93.7 Å². The predicted molar refractivity (Wildman–Crippen MR) is 95.8 cm³/mol. The van der Waals surface area contributed by atoms with Gasteiger partial charge in [-0.1, -0.05) is 48.5 Å². The number of para-hydroxylation sites is 1. The number of rotatable bonds is 2. The Balaban J connectivity index is 1.80. The molecule has 1 unspecified atom stereocenters. The van der Waals surface area contributed by atoms with E-state index >= 15 is 0 Å². The fourth-order valence-corrected chi connectivity index (χ4v) is 3.68. The first kappa shape index (κ1) is 14.9. The maximum atomic E-state index is 13.1. The van der Waals surface area contributed by atoms with Crippen molar-refractivity contribution in [1.82, 2.24) is 9.55 Å². The first-order valence-corrected chi connectivity index (χ1v) is 8.46. The summed E-state index contributed by atoms with van der Waals surface area (Å²) in [7, 11) is 0. The SMILES string of the molecule is Cc1nc2c(c(=O)n1-c1ccccc1)CC(c1ccccc1)CC2. The molecule has 3 nitrogen and oxygen atoms in total. The summed E-state index contributed by atoms with van der Waals surface area (Å²) in [6, 6.07) is 20.3. The maximum Gasteiger partial charge on any atom is 0.261 e. The molecule has 1 aliphatic rings. The van der Waals surface area contributed by atoms with Crippen LogP contribution < -0.4 is 5.56 Å². The lowest BCUT2D eigenvalue weighted by atomic mass is 9.82. The summed E-state index contributed by atoms with van der Waals surface area (Å²) in [4.78, 5) is 17.9. The van der Waals surface area contributed by atoms with Crippen molar-refractivity contribution in [2.75, 3.05) is 0 Å². The monoisotopic (exact) mass is 316 g/mol. The summed E-state index contributed by atoms with van der Waals surface area (Å²) in [5.41, 5.74) is 4.15. The lowest BCUT2D eigenvalue weighted by Crippen LogP contribution is -2.31. The highest BCUT2D eigenvalue weighted by Gasteiger charge is 2.25. The highest BCUT2D eigenvalue weighted by Crippen LogP contribution is 2.30. The third-order valence-electron chi connectivity index (χ3n) is 4.90.